The largest absolute Gasteiger partial charge is 0.373 e. The van der Waals surface area contributed by atoms with Crippen molar-refractivity contribution in [1.82, 2.24) is 28.5 Å². The maximum Gasteiger partial charge on any atom is 0.269 e. The highest BCUT2D eigenvalue weighted by Crippen LogP contribution is 2.38. The molecule has 0 amide bonds. The van der Waals surface area contributed by atoms with E-state index in [2.05, 4.69) is 15.0 Å². The van der Waals surface area contributed by atoms with Crippen LogP contribution in [-0.2, 0) is 15.6 Å². The van der Waals surface area contributed by atoms with Gasteiger partial charge in [0.05, 0.1) is 16.2 Å². The Morgan fingerprint density at radius 1 is 1.00 bits per heavy atom. The number of aromatic nitrogens is 6. The Bertz CT molecular complexity index is 2020. The van der Waals surface area contributed by atoms with Crippen LogP contribution in [0.3, 0.4) is 0 Å². The van der Waals surface area contributed by atoms with Gasteiger partial charge in [-0.05, 0) is 36.8 Å². The number of thiazole rings is 1. The van der Waals surface area contributed by atoms with Crippen LogP contribution in [0.4, 0.5) is 0 Å². The van der Waals surface area contributed by atoms with Gasteiger partial charge < -0.3 is 9.67 Å². The standard InChI is InChI=1S/C28H20N6O3S2/c1-18-5-7-21(8-6-18)39(36,37)34-16-22(24-25(34)30-11-10-29-24)26-32-23(17-38-26)19-3-2-4-20(15-19)28(35)9-13-33-14-12-31-27(28)33/h2-17,35H,1H3. The highest BCUT2D eigenvalue weighted by atomic mass is 32.2. The van der Waals surface area contributed by atoms with Crippen molar-refractivity contribution < 1.29 is 13.5 Å². The Balaban J connectivity index is 1.30. The fourth-order valence-corrected chi connectivity index (χ4v) is 6.90. The van der Waals surface area contributed by atoms with Crippen molar-refractivity contribution in [2.24, 2.45) is 0 Å². The van der Waals surface area contributed by atoms with Gasteiger partial charge in [-0.2, -0.15) is 0 Å². The number of aliphatic hydroxyl groups is 1. The summed E-state index contributed by atoms with van der Waals surface area (Å²) in [6.07, 6.45) is 11.5. The average molecular weight is 553 g/mol. The fraction of sp³-hybridized carbons (Fsp3) is 0.0714. The maximum atomic E-state index is 13.5. The van der Waals surface area contributed by atoms with Crippen LogP contribution >= 0.6 is 11.3 Å². The van der Waals surface area contributed by atoms with Crippen LogP contribution in [0.5, 0.6) is 0 Å². The second-order valence-electron chi connectivity index (χ2n) is 9.24. The molecule has 9 nitrogen and oxygen atoms in total. The van der Waals surface area contributed by atoms with E-state index in [0.717, 1.165) is 11.1 Å². The van der Waals surface area contributed by atoms with Crippen LogP contribution in [0, 0.1) is 6.92 Å². The van der Waals surface area contributed by atoms with Crippen molar-refractivity contribution in [2.75, 3.05) is 0 Å². The molecule has 1 atom stereocenters. The average Bonchev–Trinajstić information content (AvgIpc) is 3.74. The maximum absolute atomic E-state index is 13.5. The molecule has 5 heterocycles. The van der Waals surface area contributed by atoms with E-state index < -0.39 is 15.6 Å². The van der Waals surface area contributed by atoms with Crippen molar-refractivity contribution in [3.05, 3.63) is 108 Å². The zero-order chi connectivity index (χ0) is 26.8. The van der Waals surface area contributed by atoms with Crippen molar-refractivity contribution in [3.8, 4) is 21.8 Å². The van der Waals surface area contributed by atoms with E-state index in [1.165, 1.54) is 33.9 Å². The predicted octanol–water partition coefficient (Wildman–Crippen LogP) is 4.68. The van der Waals surface area contributed by atoms with E-state index in [9.17, 15) is 13.5 Å². The van der Waals surface area contributed by atoms with E-state index in [4.69, 9.17) is 4.98 Å². The van der Waals surface area contributed by atoms with Gasteiger partial charge in [0.2, 0.25) is 0 Å². The molecule has 6 aromatic rings. The molecule has 192 valence electrons. The van der Waals surface area contributed by atoms with E-state index in [1.54, 1.807) is 53.5 Å². The lowest BCUT2D eigenvalue weighted by Gasteiger charge is -2.20. The molecule has 0 saturated heterocycles. The van der Waals surface area contributed by atoms with Gasteiger partial charge in [-0.3, -0.25) is 4.98 Å². The van der Waals surface area contributed by atoms with Gasteiger partial charge in [0.25, 0.3) is 10.0 Å². The topological polar surface area (TPSA) is 116 Å². The number of benzene rings is 2. The monoisotopic (exact) mass is 552 g/mol. The number of hydrogen-bond acceptors (Lipinski definition) is 8. The molecule has 0 fully saturated rings. The van der Waals surface area contributed by atoms with Gasteiger partial charge in [0, 0.05) is 48.1 Å². The summed E-state index contributed by atoms with van der Waals surface area (Å²) in [5, 5.41) is 13.9. The first-order valence-corrected chi connectivity index (χ1v) is 14.3. The van der Waals surface area contributed by atoms with Crippen LogP contribution in [-0.4, -0.2) is 42.0 Å². The van der Waals surface area contributed by atoms with Crippen LogP contribution in [0.1, 0.15) is 17.0 Å². The van der Waals surface area contributed by atoms with Crippen LogP contribution < -0.4 is 0 Å². The lowest BCUT2D eigenvalue weighted by atomic mass is 9.92. The summed E-state index contributed by atoms with van der Waals surface area (Å²) in [5.41, 5.74) is 3.04. The van der Waals surface area contributed by atoms with Crippen molar-refractivity contribution >= 4 is 38.7 Å². The fourth-order valence-electron chi connectivity index (χ4n) is 4.75. The first-order valence-electron chi connectivity index (χ1n) is 12.0. The molecule has 0 saturated carbocycles. The summed E-state index contributed by atoms with van der Waals surface area (Å²) in [6, 6.07) is 14.2. The Kier molecular flexibility index (Phi) is 5.17. The smallest absolute Gasteiger partial charge is 0.269 e. The second kappa shape index (κ2) is 8.53. The first-order chi connectivity index (χ1) is 18.8. The molecule has 0 spiro atoms. The third-order valence-electron chi connectivity index (χ3n) is 6.79. The lowest BCUT2D eigenvalue weighted by molar-refractivity contribution is 0.129. The zero-order valence-corrected chi connectivity index (χ0v) is 22.1. The van der Waals surface area contributed by atoms with Gasteiger partial charge >= 0.3 is 0 Å². The van der Waals surface area contributed by atoms with Crippen LogP contribution in [0.2, 0.25) is 0 Å². The quantitative estimate of drug-likeness (QED) is 0.330. The molecular weight excluding hydrogens is 532 g/mol. The van der Waals surface area contributed by atoms with E-state index in [-0.39, 0.29) is 10.5 Å². The van der Waals surface area contributed by atoms with E-state index in [0.29, 0.717) is 33.2 Å². The van der Waals surface area contributed by atoms with Gasteiger partial charge in [0.15, 0.2) is 17.1 Å². The minimum Gasteiger partial charge on any atom is -0.373 e. The molecule has 1 unspecified atom stereocenters. The number of hydrogen-bond donors (Lipinski definition) is 1. The molecule has 0 aliphatic carbocycles. The number of imidazole rings is 1. The first kappa shape index (κ1) is 23.7. The summed E-state index contributed by atoms with van der Waals surface area (Å²) in [5.74, 6) is 0.528. The number of fused-ring (bicyclic) bond motifs is 2. The Hall–Kier alpha value is -4.45. The lowest BCUT2D eigenvalue weighted by Crippen LogP contribution is -2.24. The molecule has 11 heteroatoms. The van der Waals surface area contributed by atoms with Crippen LogP contribution in [0.25, 0.3) is 39.2 Å². The summed E-state index contributed by atoms with van der Waals surface area (Å²) < 4.78 is 30.0. The van der Waals surface area contributed by atoms with Gasteiger partial charge in [-0.25, -0.2) is 27.3 Å². The molecule has 1 aliphatic heterocycles. The van der Waals surface area contributed by atoms with Crippen molar-refractivity contribution in [1.29, 1.82) is 0 Å². The molecule has 2 aromatic carbocycles. The molecule has 1 N–H and O–H groups in total. The molecule has 0 radical (unpaired) electrons. The minimum absolute atomic E-state index is 0.165. The van der Waals surface area contributed by atoms with Gasteiger partial charge in [0.1, 0.15) is 10.5 Å². The summed E-state index contributed by atoms with van der Waals surface area (Å²) >= 11 is 1.38. The normalized spacial score (nSPS) is 16.7. The Labute approximate surface area is 227 Å². The molecular formula is C28H20N6O3S2. The second-order valence-corrected chi connectivity index (χ2v) is 11.9. The molecule has 0 bridgehead atoms. The van der Waals surface area contributed by atoms with Crippen molar-refractivity contribution in [3.63, 3.8) is 0 Å². The zero-order valence-electron chi connectivity index (χ0n) is 20.5. The molecule has 1 aliphatic rings. The molecule has 7 rings (SSSR count). The third-order valence-corrected chi connectivity index (χ3v) is 9.33. The number of nitrogens with zero attached hydrogens (tertiary/aromatic N) is 6. The SMILES string of the molecule is Cc1ccc(S(=O)(=O)n2cc(-c3nc(-c4cccc(C5(O)C=Cn6ccnc65)c4)cs3)c3nccnc32)cc1. The highest BCUT2D eigenvalue weighted by molar-refractivity contribution is 7.90. The Morgan fingerprint density at radius 3 is 2.67 bits per heavy atom. The number of aryl methyl sites for hydroxylation is 1. The highest BCUT2D eigenvalue weighted by Gasteiger charge is 2.36. The Morgan fingerprint density at radius 2 is 1.82 bits per heavy atom. The van der Waals surface area contributed by atoms with Crippen LogP contribution in [0.15, 0.2) is 95.9 Å². The van der Waals surface area contributed by atoms with Crippen molar-refractivity contribution in [2.45, 2.75) is 17.4 Å². The van der Waals surface area contributed by atoms with E-state index in [1.807, 2.05) is 36.6 Å². The summed E-state index contributed by atoms with van der Waals surface area (Å²) in [7, 11) is -3.91. The third kappa shape index (κ3) is 3.66. The number of rotatable bonds is 5. The minimum atomic E-state index is -3.91. The summed E-state index contributed by atoms with van der Waals surface area (Å²) in [6.45, 7) is 1.90. The van der Waals surface area contributed by atoms with Gasteiger partial charge in [-0.1, -0.05) is 35.9 Å². The van der Waals surface area contributed by atoms with Gasteiger partial charge in [-0.15, -0.1) is 11.3 Å². The predicted molar refractivity (Wildman–Crippen MR) is 148 cm³/mol. The molecule has 39 heavy (non-hydrogen) atoms. The van der Waals surface area contributed by atoms with E-state index >= 15 is 0 Å². The molecule has 4 aromatic heterocycles. The summed E-state index contributed by atoms with van der Waals surface area (Å²) in [4.78, 5) is 18.1.